The Bertz CT molecular complexity index is 1610. The molecule has 5 fully saturated rings. The Kier molecular flexibility index (Phi) is 9.81. The van der Waals surface area contributed by atoms with Crippen molar-refractivity contribution in [2.24, 2.45) is 51.2 Å². The van der Waals surface area contributed by atoms with Gasteiger partial charge in [0.1, 0.15) is 0 Å². The van der Waals surface area contributed by atoms with Gasteiger partial charge in [-0.3, -0.25) is 0 Å². The molecular formula is C43H68N2O6S. The van der Waals surface area contributed by atoms with E-state index < -0.39 is 21.6 Å². The Morgan fingerprint density at radius 1 is 0.981 bits per heavy atom. The lowest BCUT2D eigenvalue weighted by molar-refractivity contribution is -0.228. The number of allylic oxidation sites excluding steroid dienone is 2. The predicted molar refractivity (Wildman–Crippen MR) is 206 cm³/mol. The lowest BCUT2D eigenvalue weighted by Crippen LogP contribution is -2.68. The van der Waals surface area contributed by atoms with E-state index in [9.17, 15) is 13.2 Å². The molecule has 1 saturated heterocycles. The quantitative estimate of drug-likeness (QED) is 0.203. The Hall–Kier alpha value is -1.68. The fourth-order valence-corrected chi connectivity index (χ4v) is 15.3. The van der Waals surface area contributed by atoms with E-state index in [1.165, 1.54) is 62.5 Å². The largest absolute Gasteiger partial charge is 0.461 e. The van der Waals surface area contributed by atoms with Crippen LogP contribution in [0.25, 0.3) is 0 Å². The number of esters is 1. The molecule has 1 N–H and O–H groups in total. The monoisotopic (exact) mass is 740 g/mol. The first-order chi connectivity index (χ1) is 24.4. The van der Waals surface area contributed by atoms with Crippen LogP contribution in [0.1, 0.15) is 113 Å². The molecule has 9 heteroatoms. The standard InChI is InChI=1S/C43H68N2O6S/c1-10-49-37(46)42(9)50-27-30(28-51-42)32-14-16-39(6)34(38(32,4)5)15-17-41(8)35(39)12-11-33-36-31(29(2)3)13-18-43(36,20-19-40(33,41)7)44-21-22-45-23-25-52(47,48)26-24-45/h14,27,31,33-36,44H,2,10-13,15-26,28H2,1,3-9H3/t31-,33+,34-,35+,36+,39-,40+,41+,42?,43-/m0/s1. The fraction of sp³-hybridized carbons (Fsp3) is 0.837. The molecule has 5 aliphatic carbocycles. The van der Waals surface area contributed by atoms with Crippen molar-refractivity contribution in [2.45, 2.75) is 125 Å². The molecule has 0 bridgehead atoms. The lowest BCUT2D eigenvalue weighted by atomic mass is 9.33. The van der Waals surface area contributed by atoms with E-state index in [0.29, 0.717) is 67.4 Å². The van der Waals surface area contributed by atoms with E-state index in [0.717, 1.165) is 25.1 Å². The van der Waals surface area contributed by atoms with E-state index in [1.807, 2.05) is 0 Å². The number of rotatable bonds is 8. The third-order valence-electron chi connectivity index (χ3n) is 16.9. The van der Waals surface area contributed by atoms with Gasteiger partial charge in [-0.25, -0.2) is 13.2 Å². The second-order valence-electron chi connectivity index (χ2n) is 19.5. The summed E-state index contributed by atoms with van der Waals surface area (Å²) in [4.78, 5) is 14.9. The Balaban J connectivity index is 1.12. The molecule has 0 amide bonds. The summed E-state index contributed by atoms with van der Waals surface area (Å²) in [7, 11) is -2.87. The molecule has 10 atom stereocenters. The van der Waals surface area contributed by atoms with Crippen molar-refractivity contribution in [1.82, 2.24) is 10.2 Å². The zero-order valence-corrected chi connectivity index (χ0v) is 34.4. The number of hydrogen-bond acceptors (Lipinski definition) is 8. The van der Waals surface area contributed by atoms with E-state index in [-0.39, 0.29) is 27.2 Å². The second-order valence-corrected chi connectivity index (χ2v) is 21.8. The van der Waals surface area contributed by atoms with Gasteiger partial charge in [-0.05, 0) is 128 Å². The Morgan fingerprint density at radius 2 is 1.71 bits per heavy atom. The molecule has 0 radical (unpaired) electrons. The molecule has 2 aliphatic heterocycles. The van der Waals surface area contributed by atoms with Crippen LogP contribution in [0.4, 0.5) is 0 Å². The lowest BCUT2D eigenvalue weighted by Gasteiger charge is -2.72. The normalized spacial score (nSPS) is 45.2. The summed E-state index contributed by atoms with van der Waals surface area (Å²) in [5.74, 6) is 1.72. The van der Waals surface area contributed by atoms with Gasteiger partial charge in [0.15, 0.2) is 9.84 Å². The van der Waals surface area contributed by atoms with Crippen LogP contribution in [0, 0.1) is 51.2 Å². The van der Waals surface area contributed by atoms with Gasteiger partial charge in [0.2, 0.25) is 0 Å². The molecule has 7 rings (SSSR count). The highest BCUT2D eigenvalue weighted by molar-refractivity contribution is 7.91. The molecule has 292 valence electrons. The highest BCUT2D eigenvalue weighted by Gasteiger charge is 2.70. The molecule has 8 nitrogen and oxygen atoms in total. The van der Waals surface area contributed by atoms with Crippen LogP contribution in [0.5, 0.6) is 0 Å². The first-order valence-corrected chi connectivity index (χ1v) is 22.4. The van der Waals surface area contributed by atoms with Crippen molar-refractivity contribution in [3.63, 3.8) is 0 Å². The fourth-order valence-electron chi connectivity index (χ4n) is 14.0. The molecule has 7 aliphatic rings. The minimum absolute atomic E-state index is 0.0526. The van der Waals surface area contributed by atoms with Gasteiger partial charge in [-0.15, -0.1) is 0 Å². The summed E-state index contributed by atoms with van der Waals surface area (Å²) in [5, 5.41) is 4.21. The van der Waals surface area contributed by atoms with E-state index in [4.69, 9.17) is 14.2 Å². The van der Waals surface area contributed by atoms with Crippen LogP contribution in [0.15, 0.2) is 35.6 Å². The average Bonchev–Trinajstić information content (AvgIpc) is 3.46. The summed E-state index contributed by atoms with van der Waals surface area (Å²) in [6, 6.07) is 0. The summed E-state index contributed by atoms with van der Waals surface area (Å²) in [6.45, 7) is 27.1. The number of fused-ring (bicyclic) bond motifs is 7. The summed E-state index contributed by atoms with van der Waals surface area (Å²) in [5.41, 5.74) is 4.54. The maximum atomic E-state index is 12.6. The van der Waals surface area contributed by atoms with E-state index >= 15 is 0 Å². The van der Waals surface area contributed by atoms with Crippen molar-refractivity contribution in [3.05, 3.63) is 35.6 Å². The highest BCUT2D eigenvalue weighted by Crippen LogP contribution is 2.76. The van der Waals surface area contributed by atoms with Crippen LogP contribution in [0.3, 0.4) is 0 Å². The van der Waals surface area contributed by atoms with Crippen molar-refractivity contribution < 1.29 is 27.4 Å². The third-order valence-corrected chi connectivity index (χ3v) is 18.5. The first kappa shape index (κ1) is 38.6. The van der Waals surface area contributed by atoms with Crippen LogP contribution in [0.2, 0.25) is 0 Å². The van der Waals surface area contributed by atoms with Gasteiger partial charge in [0, 0.05) is 44.2 Å². The number of nitrogens with one attached hydrogen (secondary N) is 1. The van der Waals surface area contributed by atoms with Crippen molar-refractivity contribution >= 4 is 15.8 Å². The zero-order chi connectivity index (χ0) is 37.5. The van der Waals surface area contributed by atoms with Crippen LogP contribution in [-0.4, -0.2) is 81.5 Å². The average molecular weight is 741 g/mol. The molecule has 4 saturated carbocycles. The topological polar surface area (TPSA) is 94.2 Å². The van der Waals surface area contributed by atoms with Crippen LogP contribution >= 0.6 is 0 Å². The second kappa shape index (κ2) is 13.2. The van der Waals surface area contributed by atoms with Crippen LogP contribution in [-0.2, 0) is 28.8 Å². The first-order valence-electron chi connectivity index (χ1n) is 20.6. The third kappa shape index (κ3) is 5.91. The molecule has 2 heterocycles. The Morgan fingerprint density at radius 3 is 2.37 bits per heavy atom. The van der Waals surface area contributed by atoms with Gasteiger partial charge < -0.3 is 24.4 Å². The number of carbonyl (C=O) groups is 1. The van der Waals surface area contributed by atoms with Gasteiger partial charge in [-0.2, -0.15) is 0 Å². The minimum Gasteiger partial charge on any atom is -0.461 e. The van der Waals surface area contributed by atoms with E-state index in [1.54, 1.807) is 20.1 Å². The van der Waals surface area contributed by atoms with Gasteiger partial charge in [-0.1, -0.05) is 52.8 Å². The maximum absolute atomic E-state index is 12.6. The zero-order valence-electron chi connectivity index (χ0n) is 33.6. The van der Waals surface area contributed by atoms with Crippen molar-refractivity contribution in [1.29, 1.82) is 0 Å². The molecular weight excluding hydrogens is 673 g/mol. The molecule has 1 unspecified atom stereocenters. The minimum atomic E-state index is -2.87. The van der Waals surface area contributed by atoms with Gasteiger partial charge in [0.05, 0.1) is 31.0 Å². The number of ether oxygens (including phenoxy) is 3. The van der Waals surface area contributed by atoms with Gasteiger partial charge in [0.25, 0.3) is 0 Å². The SMILES string of the molecule is C=C(C)[C@@H]1CC[C@]2(NCCN3CCS(=O)(=O)CC3)CC[C@]3(C)[C@H](CC[C@@H]4[C@@]5(C)CC=C(C6=COC(C)(C(=O)OCC)OC6)C(C)(C)[C@@H]5CC[C@]43C)[C@@H]12. The van der Waals surface area contributed by atoms with Crippen molar-refractivity contribution in [3.8, 4) is 0 Å². The summed E-state index contributed by atoms with van der Waals surface area (Å²) in [6.07, 6.45) is 15.3. The van der Waals surface area contributed by atoms with Crippen molar-refractivity contribution in [2.75, 3.05) is 50.9 Å². The Labute approximate surface area is 314 Å². The number of nitrogens with zero attached hydrogens (tertiary/aromatic N) is 1. The summed E-state index contributed by atoms with van der Waals surface area (Å²) < 4.78 is 41.3. The number of hydrogen-bond donors (Lipinski definition) is 1. The molecule has 52 heavy (non-hydrogen) atoms. The predicted octanol–water partition coefficient (Wildman–Crippen LogP) is 7.46. The molecule has 0 spiro atoms. The smallest absolute Gasteiger partial charge is 0.379 e. The number of carbonyl (C=O) groups excluding carboxylic acids is 1. The van der Waals surface area contributed by atoms with E-state index in [2.05, 4.69) is 64.4 Å². The van der Waals surface area contributed by atoms with Crippen LogP contribution < -0.4 is 5.32 Å². The maximum Gasteiger partial charge on any atom is 0.379 e. The number of sulfone groups is 1. The highest BCUT2D eigenvalue weighted by atomic mass is 32.2. The summed E-state index contributed by atoms with van der Waals surface area (Å²) >= 11 is 0. The molecule has 0 aromatic heterocycles. The molecule has 0 aromatic rings. The molecule has 0 aromatic carbocycles. The van der Waals surface area contributed by atoms with Gasteiger partial charge >= 0.3 is 11.8 Å².